The molecule has 0 aliphatic carbocycles. The number of halogens is 1. The van der Waals surface area contributed by atoms with E-state index in [2.05, 4.69) is 4.98 Å². The molecule has 4 heterocycles. The van der Waals surface area contributed by atoms with Crippen LogP contribution in [0.4, 0.5) is 16.0 Å². The Balaban J connectivity index is 1.24. The largest absolute Gasteiger partial charge is 0.385 e. The fourth-order valence-corrected chi connectivity index (χ4v) is 6.56. The van der Waals surface area contributed by atoms with Crippen LogP contribution < -0.4 is 16.1 Å². The highest BCUT2D eigenvalue weighted by molar-refractivity contribution is 6.07. The fourth-order valence-electron chi connectivity index (χ4n) is 6.56. The van der Waals surface area contributed by atoms with Crippen LogP contribution in [-0.4, -0.2) is 69.9 Å². The first kappa shape index (κ1) is 34.6. The third-order valence-electron chi connectivity index (χ3n) is 9.19. The van der Waals surface area contributed by atoms with E-state index < -0.39 is 5.82 Å². The van der Waals surface area contributed by atoms with Crippen LogP contribution in [0.1, 0.15) is 70.0 Å². The molecule has 0 saturated carbocycles. The normalized spacial score (nSPS) is 13.6. The molecule has 2 amide bonds. The summed E-state index contributed by atoms with van der Waals surface area (Å²) < 4.78 is 21.8. The van der Waals surface area contributed by atoms with Crippen molar-refractivity contribution >= 4 is 29.2 Å². The molecule has 4 aromatic rings. The summed E-state index contributed by atoms with van der Waals surface area (Å²) in [4.78, 5) is 66.4. The number of methoxy groups -OCH3 is 1. The minimum Gasteiger partial charge on any atom is -0.385 e. The molecule has 0 atom stereocenters. The number of carbonyl (C=O) groups is 2. The Hall–Kier alpha value is -5.23. The first-order valence-corrected chi connectivity index (χ1v) is 17.1. The highest BCUT2D eigenvalue weighted by Crippen LogP contribution is 2.27. The summed E-state index contributed by atoms with van der Waals surface area (Å²) in [5.41, 5.74) is 3.12. The molecule has 0 N–H and O–H groups in total. The van der Waals surface area contributed by atoms with Gasteiger partial charge in [-0.1, -0.05) is 25.1 Å². The van der Waals surface area contributed by atoms with Crippen molar-refractivity contribution < 1.29 is 18.7 Å². The van der Waals surface area contributed by atoms with E-state index in [0.29, 0.717) is 91.6 Å². The van der Waals surface area contributed by atoms with Gasteiger partial charge in [0.05, 0.1) is 11.3 Å². The van der Waals surface area contributed by atoms with E-state index in [1.165, 1.54) is 33.7 Å². The minimum absolute atomic E-state index is 0.0223. The SMILES string of the molecule is CCCn1c(=O)c2c(n(CCCCOC)c1=O)N=C(c1ccc(N(CCCN3CCc4ccccc4C3=O)C(=O)c3ccc(F)cc3)nc1)C2. The molecule has 12 heteroatoms. The summed E-state index contributed by atoms with van der Waals surface area (Å²) in [6.45, 7) is 4.56. The van der Waals surface area contributed by atoms with E-state index in [9.17, 15) is 23.6 Å². The number of anilines is 1. The third-order valence-corrected chi connectivity index (χ3v) is 9.19. The predicted molar refractivity (Wildman–Crippen MR) is 189 cm³/mol. The van der Waals surface area contributed by atoms with Gasteiger partial charge in [0.15, 0.2) is 0 Å². The Morgan fingerprint density at radius 3 is 2.48 bits per heavy atom. The van der Waals surface area contributed by atoms with Gasteiger partial charge in [0.2, 0.25) is 0 Å². The highest BCUT2D eigenvalue weighted by Gasteiger charge is 2.28. The summed E-state index contributed by atoms with van der Waals surface area (Å²) in [5, 5.41) is 0. The van der Waals surface area contributed by atoms with E-state index in [0.717, 1.165) is 18.4 Å². The number of rotatable bonds is 14. The molecule has 2 aliphatic heterocycles. The lowest BCUT2D eigenvalue weighted by Crippen LogP contribution is -2.41. The zero-order valence-corrected chi connectivity index (χ0v) is 28.4. The second-order valence-electron chi connectivity index (χ2n) is 12.6. The molecule has 0 fully saturated rings. The van der Waals surface area contributed by atoms with Gasteiger partial charge < -0.3 is 9.64 Å². The first-order valence-electron chi connectivity index (χ1n) is 17.1. The van der Waals surface area contributed by atoms with Crippen molar-refractivity contribution in [3.8, 4) is 0 Å². The van der Waals surface area contributed by atoms with Gasteiger partial charge in [-0.25, -0.2) is 19.2 Å². The van der Waals surface area contributed by atoms with Gasteiger partial charge in [-0.05, 0) is 80.1 Å². The summed E-state index contributed by atoms with van der Waals surface area (Å²) >= 11 is 0. The van der Waals surface area contributed by atoms with Crippen LogP contribution in [0.3, 0.4) is 0 Å². The van der Waals surface area contributed by atoms with Crippen molar-refractivity contribution in [2.45, 2.75) is 58.5 Å². The topological polar surface area (TPSA) is 119 Å². The van der Waals surface area contributed by atoms with E-state index in [-0.39, 0.29) is 36.0 Å². The van der Waals surface area contributed by atoms with Gasteiger partial charge >= 0.3 is 5.69 Å². The monoisotopic (exact) mass is 680 g/mol. The Morgan fingerprint density at radius 2 is 1.74 bits per heavy atom. The van der Waals surface area contributed by atoms with E-state index in [1.807, 2.05) is 31.2 Å². The second-order valence-corrected chi connectivity index (χ2v) is 12.6. The number of hydrogen-bond acceptors (Lipinski definition) is 7. The van der Waals surface area contributed by atoms with Crippen molar-refractivity contribution in [3.05, 3.63) is 121 Å². The van der Waals surface area contributed by atoms with Crippen molar-refractivity contribution in [2.24, 2.45) is 4.99 Å². The average Bonchev–Trinajstić information content (AvgIpc) is 3.58. The zero-order chi connectivity index (χ0) is 35.2. The maximum absolute atomic E-state index is 13.8. The smallest absolute Gasteiger partial charge is 0.332 e. The molecule has 2 aromatic heterocycles. The van der Waals surface area contributed by atoms with Crippen LogP contribution in [-0.2, 0) is 30.7 Å². The van der Waals surface area contributed by atoms with Crippen LogP contribution in [0.5, 0.6) is 0 Å². The van der Waals surface area contributed by atoms with Crippen LogP contribution in [0.2, 0.25) is 0 Å². The number of amides is 2. The molecular formula is C38H41FN6O5. The lowest BCUT2D eigenvalue weighted by Gasteiger charge is -2.29. The van der Waals surface area contributed by atoms with Crippen LogP contribution in [0.15, 0.2) is 81.4 Å². The average molecular weight is 681 g/mol. The lowest BCUT2D eigenvalue weighted by molar-refractivity contribution is 0.0738. The number of hydrogen-bond donors (Lipinski definition) is 0. The van der Waals surface area contributed by atoms with Crippen LogP contribution >= 0.6 is 0 Å². The molecule has 2 aromatic carbocycles. The van der Waals surface area contributed by atoms with Gasteiger partial charge in [0.1, 0.15) is 17.5 Å². The third kappa shape index (κ3) is 7.20. The number of aliphatic imine (C=N–C) groups is 1. The molecular weight excluding hydrogens is 639 g/mol. The Labute approximate surface area is 289 Å². The molecule has 0 spiro atoms. The Morgan fingerprint density at radius 1 is 0.940 bits per heavy atom. The van der Waals surface area contributed by atoms with E-state index >= 15 is 0 Å². The molecule has 2 aliphatic rings. The highest BCUT2D eigenvalue weighted by atomic mass is 19.1. The zero-order valence-electron chi connectivity index (χ0n) is 28.4. The van der Waals surface area contributed by atoms with Gasteiger partial charge in [-0.15, -0.1) is 0 Å². The fraction of sp³-hybridized carbons (Fsp3) is 0.368. The molecule has 0 radical (unpaired) electrons. The number of aromatic nitrogens is 3. The van der Waals surface area contributed by atoms with Crippen molar-refractivity contribution in [2.75, 3.05) is 38.3 Å². The van der Waals surface area contributed by atoms with Gasteiger partial charge in [0.25, 0.3) is 17.4 Å². The molecule has 260 valence electrons. The maximum Gasteiger partial charge on any atom is 0.332 e. The number of ether oxygens (including phenoxy) is 1. The molecule has 0 bridgehead atoms. The van der Waals surface area contributed by atoms with Gasteiger partial charge in [-0.3, -0.25) is 28.4 Å². The van der Waals surface area contributed by atoms with Crippen molar-refractivity contribution in [3.63, 3.8) is 0 Å². The molecule has 50 heavy (non-hydrogen) atoms. The molecule has 6 rings (SSSR count). The Kier molecular flexibility index (Phi) is 10.8. The summed E-state index contributed by atoms with van der Waals surface area (Å²) in [6, 6.07) is 16.5. The summed E-state index contributed by atoms with van der Waals surface area (Å²) in [5.74, 6) is -0.0487. The molecule has 0 unspecified atom stereocenters. The molecule has 11 nitrogen and oxygen atoms in total. The lowest BCUT2D eigenvalue weighted by atomic mass is 9.99. The van der Waals surface area contributed by atoms with E-state index in [4.69, 9.17) is 9.73 Å². The standard InChI is InChI=1S/C38H41FN6O5/c1-3-18-45-37(48)31-24-32(41-34(31)44(38(45)49)20-6-7-23-50-2)28-13-16-33(40-25-28)43(35(46)27-11-14-29(39)15-12-27)21-8-19-42-22-17-26-9-4-5-10-30(26)36(42)47/h4-5,9-16,25H,3,6-8,17-24H2,1-2H3. The second kappa shape index (κ2) is 15.5. The van der Waals surface area contributed by atoms with Crippen LogP contribution in [0.25, 0.3) is 0 Å². The summed E-state index contributed by atoms with van der Waals surface area (Å²) in [7, 11) is 1.64. The Bertz CT molecular complexity index is 2020. The van der Waals surface area contributed by atoms with Crippen molar-refractivity contribution in [1.29, 1.82) is 0 Å². The predicted octanol–water partition coefficient (Wildman–Crippen LogP) is 4.79. The number of nitrogens with zero attached hydrogens (tertiary/aromatic N) is 6. The number of unbranched alkanes of at least 4 members (excludes halogenated alkanes) is 1. The van der Waals surface area contributed by atoms with Crippen LogP contribution in [0, 0.1) is 5.82 Å². The van der Waals surface area contributed by atoms with Crippen molar-refractivity contribution in [1.82, 2.24) is 19.0 Å². The number of fused-ring (bicyclic) bond motifs is 2. The maximum atomic E-state index is 13.8. The number of carbonyl (C=O) groups excluding carboxylic acids is 2. The minimum atomic E-state index is -0.445. The first-order chi connectivity index (χ1) is 24.3. The summed E-state index contributed by atoms with van der Waals surface area (Å²) in [6.07, 6.45) is 5.24. The number of pyridine rings is 1. The van der Waals surface area contributed by atoms with E-state index in [1.54, 1.807) is 34.9 Å². The molecule has 0 saturated heterocycles. The quantitative estimate of drug-likeness (QED) is 0.177. The van der Waals surface area contributed by atoms with Gasteiger partial charge in [-0.2, -0.15) is 0 Å². The number of benzene rings is 2. The van der Waals surface area contributed by atoms with Gasteiger partial charge in [0, 0.05) is 75.7 Å².